The smallest absolute Gasteiger partial charge is 0.274 e. The van der Waals surface area contributed by atoms with Crippen LogP contribution < -0.4 is 16.4 Å². The largest absolute Gasteiger partial charge is 0.382 e. The number of carbonyl (C=O) groups is 2. The Balaban J connectivity index is 1.56. The number of hydrogen-bond donors (Lipinski definition) is 4. The first-order valence-electron chi connectivity index (χ1n) is 9.13. The highest BCUT2D eigenvalue weighted by molar-refractivity contribution is 5.93. The lowest BCUT2D eigenvalue weighted by molar-refractivity contribution is 0.0903. The van der Waals surface area contributed by atoms with Crippen molar-refractivity contribution < 1.29 is 9.59 Å². The van der Waals surface area contributed by atoms with E-state index < -0.39 is 17.9 Å². The Kier molecular flexibility index (Phi) is 5.29. The number of hydrogen-bond acceptors (Lipinski definition) is 7. The van der Waals surface area contributed by atoms with Gasteiger partial charge in [-0.15, -0.1) is 10.2 Å². The molecule has 30 heavy (non-hydrogen) atoms. The lowest BCUT2D eigenvalue weighted by Crippen LogP contribution is -2.38. The third kappa shape index (κ3) is 4.22. The molecule has 0 saturated carbocycles. The quantitative estimate of drug-likeness (QED) is 0.378. The van der Waals surface area contributed by atoms with Crippen LogP contribution in [0.1, 0.15) is 32.6 Å². The lowest BCUT2D eigenvalue weighted by Gasteiger charge is -2.20. The summed E-state index contributed by atoms with van der Waals surface area (Å²) in [6, 6.07) is 16.2. The predicted molar refractivity (Wildman–Crippen MR) is 109 cm³/mol. The van der Waals surface area contributed by atoms with Crippen LogP contribution in [0.5, 0.6) is 0 Å². The van der Waals surface area contributed by atoms with Gasteiger partial charge >= 0.3 is 0 Å². The van der Waals surface area contributed by atoms with E-state index in [0.29, 0.717) is 0 Å². The van der Waals surface area contributed by atoms with Gasteiger partial charge in [-0.05, 0) is 34.5 Å². The number of fused-ring (bicyclic) bond motifs is 1. The van der Waals surface area contributed by atoms with E-state index in [1.54, 1.807) is 0 Å². The minimum Gasteiger partial charge on any atom is -0.382 e. The maximum atomic E-state index is 12.5. The molecule has 2 aromatic carbocycles. The van der Waals surface area contributed by atoms with Crippen LogP contribution in [0.25, 0.3) is 10.8 Å². The van der Waals surface area contributed by atoms with E-state index in [1.165, 1.54) is 18.3 Å². The molecule has 1 atom stereocenters. The molecule has 4 rings (SSSR count). The van der Waals surface area contributed by atoms with Gasteiger partial charge in [-0.3, -0.25) is 9.59 Å². The Morgan fingerprint density at radius 1 is 0.967 bits per heavy atom. The van der Waals surface area contributed by atoms with Crippen molar-refractivity contribution in [2.75, 3.05) is 12.3 Å². The van der Waals surface area contributed by atoms with Crippen molar-refractivity contribution in [2.24, 2.45) is 0 Å². The van der Waals surface area contributed by atoms with Gasteiger partial charge in [0.25, 0.3) is 11.8 Å². The van der Waals surface area contributed by atoms with Crippen molar-refractivity contribution in [1.82, 2.24) is 36.2 Å². The summed E-state index contributed by atoms with van der Waals surface area (Å²) in [6.45, 7) is 0.132. The molecule has 0 aliphatic heterocycles. The van der Waals surface area contributed by atoms with Crippen LogP contribution in [0.15, 0.2) is 60.8 Å². The summed E-state index contributed by atoms with van der Waals surface area (Å²) in [6.07, 6.45) is 1.33. The number of nitrogen functional groups attached to an aromatic ring is 1. The molecule has 5 N–H and O–H groups in total. The molecular weight excluding hydrogens is 384 g/mol. The number of nitrogens with two attached hydrogens (primary N) is 1. The zero-order chi connectivity index (χ0) is 20.9. The third-order valence-electron chi connectivity index (χ3n) is 4.51. The molecule has 150 valence electrons. The Morgan fingerprint density at radius 2 is 1.80 bits per heavy atom. The summed E-state index contributed by atoms with van der Waals surface area (Å²) in [7, 11) is 0. The first-order chi connectivity index (χ1) is 14.6. The summed E-state index contributed by atoms with van der Waals surface area (Å²) in [5, 5.41) is 25.1. The highest BCUT2D eigenvalue weighted by Crippen LogP contribution is 2.20. The highest BCUT2D eigenvalue weighted by Gasteiger charge is 2.19. The molecular formula is C20H18N8O2. The molecule has 4 aromatic rings. The van der Waals surface area contributed by atoms with E-state index in [9.17, 15) is 9.59 Å². The fourth-order valence-corrected chi connectivity index (χ4v) is 2.97. The third-order valence-corrected chi connectivity index (χ3v) is 4.51. The molecule has 0 spiro atoms. The standard InChI is InChI=1S/C20H18N8O2/c21-18-8-7-15(25-27-18)19(29)22-10-16(24-20(30)17-11-23-28-26-17)14-6-5-12-3-1-2-4-13(12)9-14/h1-9,11,16H,10H2,(H2,21,27)(H,22,29)(H,24,30)(H,23,26,28). The molecule has 1 unspecified atom stereocenters. The first kappa shape index (κ1) is 19.0. The topological polar surface area (TPSA) is 152 Å². The highest BCUT2D eigenvalue weighted by atomic mass is 16.2. The van der Waals surface area contributed by atoms with Crippen LogP contribution in [0.3, 0.4) is 0 Å². The molecule has 10 nitrogen and oxygen atoms in total. The van der Waals surface area contributed by atoms with E-state index in [2.05, 4.69) is 36.2 Å². The van der Waals surface area contributed by atoms with Gasteiger partial charge in [0.05, 0.1) is 12.2 Å². The average Bonchev–Trinajstić information content (AvgIpc) is 3.31. The fraction of sp³-hybridized carbons (Fsp3) is 0.100. The maximum absolute atomic E-state index is 12.5. The van der Waals surface area contributed by atoms with Crippen LogP contribution in [0.2, 0.25) is 0 Å². The molecule has 0 bridgehead atoms. The van der Waals surface area contributed by atoms with Crippen molar-refractivity contribution in [3.05, 3.63) is 77.7 Å². The number of anilines is 1. The normalized spacial score (nSPS) is 11.7. The van der Waals surface area contributed by atoms with E-state index in [0.717, 1.165) is 16.3 Å². The number of benzene rings is 2. The molecule has 2 heterocycles. The molecule has 0 aliphatic rings. The Bertz CT molecular complexity index is 1180. The second-order valence-electron chi connectivity index (χ2n) is 6.54. The van der Waals surface area contributed by atoms with E-state index >= 15 is 0 Å². The van der Waals surface area contributed by atoms with Crippen LogP contribution >= 0.6 is 0 Å². The van der Waals surface area contributed by atoms with E-state index in [1.807, 2.05) is 42.5 Å². The van der Waals surface area contributed by atoms with E-state index in [4.69, 9.17) is 5.73 Å². The van der Waals surface area contributed by atoms with Crippen molar-refractivity contribution in [3.8, 4) is 0 Å². The molecule has 0 fully saturated rings. The van der Waals surface area contributed by atoms with Gasteiger partial charge in [0.2, 0.25) is 0 Å². The first-order valence-corrected chi connectivity index (χ1v) is 9.13. The summed E-state index contributed by atoms with van der Waals surface area (Å²) in [5.41, 5.74) is 6.61. The number of aromatic amines is 1. The molecule has 0 radical (unpaired) electrons. The van der Waals surface area contributed by atoms with E-state index in [-0.39, 0.29) is 23.8 Å². The predicted octanol–water partition coefficient (Wildman–Crippen LogP) is 1.23. The van der Waals surface area contributed by atoms with Gasteiger partial charge in [0, 0.05) is 6.54 Å². The molecule has 2 amide bonds. The van der Waals surface area contributed by atoms with Crippen LogP contribution in [-0.2, 0) is 0 Å². The Morgan fingerprint density at radius 3 is 2.53 bits per heavy atom. The van der Waals surface area contributed by atoms with Crippen molar-refractivity contribution in [1.29, 1.82) is 0 Å². The second kappa shape index (κ2) is 8.35. The van der Waals surface area contributed by atoms with Gasteiger partial charge in [-0.2, -0.15) is 15.4 Å². The number of amides is 2. The van der Waals surface area contributed by atoms with Crippen LogP contribution in [-0.4, -0.2) is 44.0 Å². The minimum absolute atomic E-state index is 0.129. The molecule has 10 heteroatoms. The zero-order valence-corrected chi connectivity index (χ0v) is 15.7. The summed E-state index contributed by atoms with van der Waals surface area (Å²) in [5.74, 6) is -0.618. The molecule has 0 aliphatic carbocycles. The summed E-state index contributed by atoms with van der Waals surface area (Å²) in [4.78, 5) is 24.9. The average molecular weight is 402 g/mol. The zero-order valence-electron chi connectivity index (χ0n) is 15.7. The number of nitrogens with zero attached hydrogens (tertiary/aromatic N) is 4. The van der Waals surface area contributed by atoms with Gasteiger partial charge in [-0.1, -0.05) is 36.4 Å². The van der Waals surface area contributed by atoms with Crippen molar-refractivity contribution in [2.45, 2.75) is 6.04 Å². The Labute approximate surface area is 170 Å². The molecule has 0 saturated heterocycles. The number of nitrogens with one attached hydrogen (secondary N) is 3. The monoisotopic (exact) mass is 402 g/mol. The van der Waals surface area contributed by atoms with Crippen molar-refractivity contribution >= 4 is 28.4 Å². The van der Waals surface area contributed by atoms with Crippen LogP contribution in [0.4, 0.5) is 5.82 Å². The fourth-order valence-electron chi connectivity index (χ4n) is 2.97. The number of aromatic nitrogens is 5. The van der Waals surface area contributed by atoms with Gasteiger partial charge in [0.15, 0.2) is 11.4 Å². The summed E-state index contributed by atoms with van der Waals surface area (Å²) >= 11 is 0. The Hall–Kier alpha value is -4.34. The van der Waals surface area contributed by atoms with Crippen LogP contribution in [0, 0.1) is 0 Å². The second-order valence-corrected chi connectivity index (χ2v) is 6.54. The van der Waals surface area contributed by atoms with Crippen molar-refractivity contribution in [3.63, 3.8) is 0 Å². The molecule has 2 aromatic heterocycles. The summed E-state index contributed by atoms with van der Waals surface area (Å²) < 4.78 is 0. The number of carbonyl (C=O) groups excluding carboxylic acids is 2. The van der Waals surface area contributed by atoms with Gasteiger partial charge in [-0.25, -0.2) is 0 Å². The number of rotatable bonds is 6. The lowest BCUT2D eigenvalue weighted by atomic mass is 10.0. The maximum Gasteiger partial charge on any atom is 0.274 e. The minimum atomic E-state index is -0.510. The number of H-pyrrole nitrogens is 1. The van der Waals surface area contributed by atoms with Gasteiger partial charge in [0.1, 0.15) is 5.82 Å². The SMILES string of the molecule is Nc1ccc(C(=O)NCC(NC(=O)c2cn[nH]n2)c2ccc3ccccc3c2)nn1. The van der Waals surface area contributed by atoms with Gasteiger partial charge < -0.3 is 16.4 Å².